The molecular weight excluding hydrogens is 204 g/mol. The Balaban J connectivity index is 0.000000606. The summed E-state index contributed by atoms with van der Waals surface area (Å²) >= 11 is 0. The van der Waals surface area contributed by atoms with Crippen LogP contribution in [-0.2, 0) is 4.79 Å². The predicted octanol–water partition coefficient (Wildman–Crippen LogP) is 0.559. The number of nitrogens with zero attached hydrogens (tertiary/aromatic N) is 2. The van der Waals surface area contributed by atoms with E-state index >= 15 is 0 Å². The van der Waals surface area contributed by atoms with Crippen molar-refractivity contribution in [3.05, 3.63) is 0 Å². The van der Waals surface area contributed by atoms with Crippen LogP contribution in [0, 0.1) is 5.41 Å². The molecule has 2 saturated heterocycles. The molecule has 1 atom stereocenters. The zero-order valence-corrected chi connectivity index (χ0v) is 10.7. The molecule has 0 aromatic heterocycles. The normalized spacial score (nSPS) is 29.4. The fourth-order valence-corrected chi connectivity index (χ4v) is 2.74. The third kappa shape index (κ3) is 2.74. The highest BCUT2D eigenvalue weighted by molar-refractivity contribution is 5.77. The smallest absolute Gasteiger partial charge is 0.248 e. The lowest BCUT2D eigenvalue weighted by Gasteiger charge is -2.23. The monoisotopic (exact) mass is 228 g/mol. The van der Waals surface area contributed by atoms with Crippen molar-refractivity contribution in [2.45, 2.75) is 26.7 Å². The summed E-state index contributed by atoms with van der Waals surface area (Å²) in [5.41, 5.74) is 0.333. The second-order valence-electron chi connectivity index (χ2n) is 4.71. The third-order valence-electron chi connectivity index (χ3n) is 3.56. The number of carbonyl (C=O) groups excluding carboxylic acids is 1. The predicted molar refractivity (Wildman–Crippen MR) is 64.2 cm³/mol. The minimum absolute atomic E-state index is 0.114. The van der Waals surface area contributed by atoms with Crippen LogP contribution < -0.4 is 0 Å². The van der Waals surface area contributed by atoms with E-state index < -0.39 is 0 Å². The number of amides is 1. The van der Waals surface area contributed by atoms with Gasteiger partial charge in [-0.25, -0.2) is 0 Å². The molecule has 2 aliphatic heterocycles. The van der Waals surface area contributed by atoms with Gasteiger partial charge >= 0.3 is 0 Å². The molecule has 1 amide bonds. The number of aliphatic hydroxyl groups excluding tert-OH is 1. The number of aliphatic hydroxyl groups is 1. The fourth-order valence-electron chi connectivity index (χ4n) is 2.74. The maximum absolute atomic E-state index is 11.3. The van der Waals surface area contributed by atoms with Gasteiger partial charge in [-0.05, 0) is 26.4 Å². The zero-order chi connectivity index (χ0) is 12.2. The van der Waals surface area contributed by atoms with E-state index in [9.17, 15) is 4.79 Å². The first-order valence-electron chi connectivity index (χ1n) is 6.22. The minimum atomic E-state index is -0.341. The maximum Gasteiger partial charge on any atom is 0.248 e. The van der Waals surface area contributed by atoms with Crippen LogP contribution in [0.3, 0.4) is 0 Å². The zero-order valence-electron chi connectivity index (χ0n) is 10.7. The van der Waals surface area contributed by atoms with Gasteiger partial charge in [0.2, 0.25) is 5.91 Å². The summed E-state index contributed by atoms with van der Waals surface area (Å²) in [6, 6.07) is 0. The molecule has 2 fully saturated rings. The van der Waals surface area contributed by atoms with Gasteiger partial charge in [-0.1, -0.05) is 13.8 Å². The van der Waals surface area contributed by atoms with Crippen molar-refractivity contribution in [2.75, 3.05) is 39.8 Å². The molecular formula is C12H24N2O2. The molecule has 1 unspecified atom stereocenters. The Morgan fingerprint density at radius 3 is 2.38 bits per heavy atom. The second kappa shape index (κ2) is 5.64. The lowest BCUT2D eigenvalue weighted by molar-refractivity contribution is -0.133. The number of rotatable bonds is 1. The van der Waals surface area contributed by atoms with Gasteiger partial charge in [-0.15, -0.1) is 0 Å². The molecule has 0 radical (unpaired) electrons. The van der Waals surface area contributed by atoms with Gasteiger partial charge in [0.15, 0.2) is 0 Å². The average molecular weight is 228 g/mol. The van der Waals surface area contributed by atoms with Crippen molar-refractivity contribution in [1.82, 2.24) is 9.80 Å². The molecule has 94 valence electrons. The van der Waals surface area contributed by atoms with Crippen LogP contribution in [0.2, 0.25) is 0 Å². The van der Waals surface area contributed by atoms with Crippen molar-refractivity contribution in [1.29, 1.82) is 0 Å². The Morgan fingerprint density at radius 1 is 1.25 bits per heavy atom. The summed E-state index contributed by atoms with van der Waals surface area (Å²) in [5.74, 6) is -0.114. The molecule has 2 rings (SSSR count). The summed E-state index contributed by atoms with van der Waals surface area (Å²) in [5, 5.41) is 8.78. The summed E-state index contributed by atoms with van der Waals surface area (Å²) in [6.45, 7) is 7.57. The highest BCUT2D eigenvalue weighted by Gasteiger charge is 2.43. The first-order chi connectivity index (χ1) is 7.65. The van der Waals surface area contributed by atoms with Crippen LogP contribution in [0.25, 0.3) is 0 Å². The molecule has 0 saturated carbocycles. The SMILES string of the molecule is CC.CN1CCC2(CCN(C(=O)CO)C2)C1. The second-order valence-corrected chi connectivity index (χ2v) is 4.71. The van der Waals surface area contributed by atoms with E-state index in [-0.39, 0.29) is 12.5 Å². The number of hydrogen-bond acceptors (Lipinski definition) is 3. The molecule has 0 aromatic rings. The van der Waals surface area contributed by atoms with Crippen LogP contribution in [0.1, 0.15) is 26.7 Å². The van der Waals surface area contributed by atoms with Gasteiger partial charge < -0.3 is 14.9 Å². The number of likely N-dealkylation sites (tertiary alicyclic amines) is 2. The van der Waals surface area contributed by atoms with Crippen LogP contribution >= 0.6 is 0 Å². The highest BCUT2D eigenvalue weighted by atomic mass is 16.3. The summed E-state index contributed by atoms with van der Waals surface area (Å²) in [7, 11) is 2.13. The lowest BCUT2D eigenvalue weighted by Crippen LogP contribution is -2.34. The number of hydrogen-bond donors (Lipinski definition) is 1. The molecule has 4 nitrogen and oxygen atoms in total. The van der Waals surface area contributed by atoms with Gasteiger partial charge in [-0.2, -0.15) is 0 Å². The van der Waals surface area contributed by atoms with Gasteiger partial charge in [0.1, 0.15) is 6.61 Å². The molecule has 2 heterocycles. The molecule has 0 bridgehead atoms. The standard InChI is InChI=1S/C10H18N2O2.C2H6/c1-11-4-2-10(7-11)3-5-12(8-10)9(14)6-13;1-2/h13H,2-8H2,1H3;1-2H3. The Hall–Kier alpha value is -0.610. The van der Waals surface area contributed by atoms with Crippen molar-refractivity contribution in [2.24, 2.45) is 5.41 Å². The fraction of sp³-hybridized carbons (Fsp3) is 0.917. The summed E-state index contributed by atoms with van der Waals surface area (Å²) in [4.78, 5) is 15.4. The third-order valence-corrected chi connectivity index (χ3v) is 3.56. The maximum atomic E-state index is 11.3. The van der Waals surface area contributed by atoms with E-state index in [0.29, 0.717) is 5.41 Å². The molecule has 1 N–H and O–H groups in total. The van der Waals surface area contributed by atoms with Gasteiger partial charge in [0, 0.05) is 25.0 Å². The van der Waals surface area contributed by atoms with E-state index in [1.807, 2.05) is 13.8 Å². The topological polar surface area (TPSA) is 43.8 Å². The Bertz CT molecular complexity index is 245. The van der Waals surface area contributed by atoms with Crippen molar-refractivity contribution >= 4 is 5.91 Å². The summed E-state index contributed by atoms with van der Waals surface area (Å²) < 4.78 is 0. The molecule has 0 aliphatic carbocycles. The van der Waals surface area contributed by atoms with Crippen LogP contribution in [0.4, 0.5) is 0 Å². The molecule has 1 spiro atoms. The van der Waals surface area contributed by atoms with Crippen LogP contribution in [0.15, 0.2) is 0 Å². The van der Waals surface area contributed by atoms with Crippen LogP contribution in [0.5, 0.6) is 0 Å². The first-order valence-corrected chi connectivity index (χ1v) is 6.22. The Morgan fingerprint density at radius 2 is 1.88 bits per heavy atom. The van der Waals surface area contributed by atoms with E-state index in [2.05, 4.69) is 11.9 Å². The largest absolute Gasteiger partial charge is 0.387 e. The first kappa shape index (κ1) is 13.5. The van der Waals surface area contributed by atoms with Gasteiger partial charge in [-0.3, -0.25) is 4.79 Å². The van der Waals surface area contributed by atoms with Gasteiger partial charge in [0.25, 0.3) is 0 Å². The van der Waals surface area contributed by atoms with E-state index in [0.717, 1.165) is 32.6 Å². The molecule has 4 heteroatoms. The molecule has 0 aromatic carbocycles. The van der Waals surface area contributed by atoms with Crippen molar-refractivity contribution < 1.29 is 9.90 Å². The number of carbonyl (C=O) groups is 1. The Labute approximate surface area is 98.2 Å². The van der Waals surface area contributed by atoms with E-state index in [1.54, 1.807) is 4.90 Å². The van der Waals surface area contributed by atoms with E-state index in [1.165, 1.54) is 6.42 Å². The van der Waals surface area contributed by atoms with Crippen LogP contribution in [-0.4, -0.2) is 60.6 Å². The average Bonchev–Trinajstić information content (AvgIpc) is 2.88. The van der Waals surface area contributed by atoms with Crippen molar-refractivity contribution in [3.63, 3.8) is 0 Å². The Kier molecular flexibility index (Phi) is 4.74. The van der Waals surface area contributed by atoms with Crippen molar-refractivity contribution in [3.8, 4) is 0 Å². The van der Waals surface area contributed by atoms with E-state index in [4.69, 9.17) is 5.11 Å². The molecule has 16 heavy (non-hydrogen) atoms. The summed E-state index contributed by atoms with van der Waals surface area (Å²) in [6.07, 6.45) is 2.29. The lowest BCUT2D eigenvalue weighted by atomic mass is 9.86. The van der Waals surface area contributed by atoms with Gasteiger partial charge in [0.05, 0.1) is 0 Å². The molecule has 2 aliphatic rings. The minimum Gasteiger partial charge on any atom is -0.387 e. The quantitative estimate of drug-likeness (QED) is 0.713. The highest BCUT2D eigenvalue weighted by Crippen LogP contribution is 2.38.